The van der Waals surface area contributed by atoms with Crippen LogP contribution in [-0.4, -0.2) is 19.5 Å². The minimum atomic E-state index is 0.619. The first-order valence-electron chi connectivity index (χ1n) is 5.20. The van der Waals surface area contributed by atoms with Crippen LogP contribution in [0.5, 0.6) is 0 Å². The van der Waals surface area contributed by atoms with Crippen LogP contribution in [-0.2, 0) is 11.3 Å². The Hall–Kier alpha value is -0.510. The molecular weight excluding hydrogens is 206 g/mol. The number of aryl methyl sites for hydroxylation is 1. The molecule has 0 aromatic heterocycles. The van der Waals surface area contributed by atoms with E-state index in [1.807, 2.05) is 11.8 Å². The molecule has 0 spiro atoms. The number of hydrogen-bond acceptors (Lipinski definition) is 3. The lowest BCUT2D eigenvalue weighted by Crippen LogP contribution is -2.00. The molecule has 0 heterocycles. The Morgan fingerprint density at radius 3 is 2.87 bits per heavy atom. The normalized spacial score (nSPS) is 10.6. The fourth-order valence-electron chi connectivity index (χ4n) is 1.46. The molecule has 0 unspecified atom stereocenters. The van der Waals surface area contributed by atoms with Crippen molar-refractivity contribution in [3.63, 3.8) is 0 Å². The summed E-state index contributed by atoms with van der Waals surface area (Å²) in [4.78, 5) is 1.34. The molecule has 1 aromatic carbocycles. The third-order valence-electron chi connectivity index (χ3n) is 2.25. The first kappa shape index (κ1) is 12.6. The minimum Gasteiger partial charge on any atom is -0.385 e. The first-order chi connectivity index (χ1) is 7.29. The highest BCUT2D eigenvalue weighted by Gasteiger charge is 2.04. The van der Waals surface area contributed by atoms with Crippen LogP contribution in [0.3, 0.4) is 0 Å². The molecule has 2 N–H and O–H groups in total. The van der Waals surface area contributed by atoms with Gasteiger partial charge in [-0.05, 0) is 24.5 Å². The van der Waals surface area contributed by atoms with E-state index in [1.54, 1.807) is 7.11 Å². The Balaban J connectivity index is 2.58. The summed E-state index contributed by atoms with van der Waals surface area (Å²) < 4.78 is 5.03. The Morgan fingerprint density at radius 1 is 1.40 bits per heavy atom. The van der Waals surface area contributed by atoms with E-state index in [1.165, 1.54) is 16.0 Å². The van der Waals surface area contributed by atoms with E-state index in [0.29, 0.717) is 6.54 Å². The Morgan fingerprint density at radius 2 is 2.20 bits per heavy atom. The van der Waals surface area contributed by atoms with Gasteiger partial charge in [-0.2, -0.15) is 0 Å². The van der Waals surface area contributed by atoms with Gasteiger partial charge in [0.25, 0.3) is 0 Å². The van der Waals surface area contributed by atoms with Gasteiger partial charge in [-0.1, -0.05) is 18.2 Å². The zero-order valence-electron chi connectivity index (χ0n) is 9.45. The van der Waals surface area contributed by atoms with E-state index < -0.39 is 0 Å². The third-order valence-corrected chi connectivity index (χ3v) is 3.62. The number of benzene rings is 1. The number of methoxy groups -OCH3 is 1. The van der Waals surface area contributed by atoms with Gasteiger partial charge in [0.05, 0.1) is 0 Å². The molecular formula is C12H19NOS. The molecule has 0 saturated carbocycles. The number of hydrogen-bond donors (Lipinski definition) is 1. The standard InChI is InChI=1S/C12H19NOS/c1-10-5-3-6-11(9-13)12(10)15-8-4-7-14-2/h3,5-6H,4,7-9,13H2,1-2H3. The summed E-state index contributed by atoms with van der Waals surface area (Å²) in [6, 6.07) is 6.31. The van der Waals surface area contributed by atoms with Crippen LogP contribution in [0.25, 0.3) is 0 Å². The van der Waals surface area contributed by atoms with Crippen LogP contribution in [0.2, 0.25) is 0 Å². The minimum absolute atomic E-state index is 0.619. The topological polar surface area (TPSA) is 35.2 Å². The predicted octanol–water partition coefficient (Wildman–Crippen LogP) is 2.58. The molecule has 0 amide bonds. The van der Waals surface area contributed by atoms with Gasteiger partial charge in [-0.15, -0.1) is 11.8 Å². The zero-order valence-corrected chi connectivity index (χ0v) is 10.3. The van der Waals surface area contributed by atoms with Gasteiger partial charge >= 0.3 is 0 Å². The van der Waals surface area contributed by atoms with Gasteiger partial charge < -0.3 is 10.5 Å². The van der Waals surface area contributed by atoms with E-state index in [4.69, 9.17) is 10.5 Å². The van der Waals surface area contributed by atoms with Crippen LogP contribution < -0.4 is 5.73 Å². The second-order valence-corrected chi connectivity index (χ2v) is 4.57. The smallest absolute Gasteiger partial charge is 0.0470 e. The van der Waals surface area contributed by atoms with Crippen molar-refractivity contribution in [2.24, 2.45) is 5.73 Å². The second kappa shape index (κ2) is 6.88. The summed E-state index contributed by atoms with van der Waals surface area (Å²) in [5.74, 6) is 1.09. The maximum atomic E-state index is 5.71. The lowest BCUT2D eigenvalue weighted by atomic mass is 10.1. The van der Waals surface area contributed by atoms with Gasteiger partial charge in [0.15, 0.2) is 0 Å². The molecule has 84 valence electrons. The zero-order chi connectivity index (χ0) is 11.1. The lowest BCUT2D eigenvalue weighted by Gasteiger charge is -2.10. The van der Waals surface area contributed by atoms with E-state index >= 15 is 0 Å². The summed E-state index contributed by atoms with van der Waals surface area (Å²) in [5, 5.41) is 0. The van der Waals surface area contributed by atoms with Crippen LogP contribution in [0.4, 0.5) is 0 Å². The van der Waals surface area contributed by atoms with Crippen LogP contribution in [0.15, 0.2) is 23.1 Å². The molecule has 0 aliphatic carbocycles. The molecule has 0 atom stereocenters. The van der Waals surface area contributed by atoms with Gasteiger partial charge in [0.1, 0.15) is 0 Å². The summed E-state index contributed by atoms with van der Waals surface area (Å²) in [5.41, 5.74) is 8.28. The molecule has 0 aliphatic heterocycles. The average Bonchev–Trinajstić information content (AvgIpc) is 2.26. The summed E-state index contributed by atoms with van der Waals surface area (Å²) in [7, 11) is 1.74. The maximum Gasteiger partial charge on any atom is 0.0470 e. The number of thioether (sulfide) groups is 1. The third kappa shape index (κ3) is 3.86. The Bertz CT molecular complexity index is 302. The fourth-order valence-corrected chi connectivity index (χ4v) is 2.56. The van der Waals surface area contributed by atoms with E-state index in [-0.39, 0.29) is 0 Å². The van der Waals surface area contributed by atoms with Crippen molar-refractivity contribution in [1.29, 1.82) is 0 Å². The molecule has 1 aromatic rings. The van der Waals surface area contributed by atoms with Crippen molar-refractivity contribution < 1.29 is 4.74 Å². The van der Waals surface area contributed by atoms with Crippen LogP contribution >= 0.6 is 11.8 Å². The van der Waals surface area contributed by atoms with E-state index in [2.05, 4.69) is 25.1 Å². The highest BCUT2D eigenvalue weighted by atomic mass is 32.2. The van der Waals surface area contributed by atoms with Crippen molar-refractivity contribution in [1.82, 2.24) is 0 Å². The van der Waals surface area contributed by atoms with Crippen LogP contribution in [0.1, 0.15) is 17.5 Å². The monoisotopic (exact) mass is 225 g/mol. The number of rotatable bonds is 6. The Labute approximate surface area is 96.2 Å². The molecule has 0 fully saturated rings. The largest absolute Gasteiger partial charge is 0.385 e. The van der Waals surface area contributed by atoms with Crippen molar-refractivity contribution >= 4 is 11.8 Å². The molecule has 15 heavy (non-hydrogen) atoms. The SMILES string of the molecule is COCCCSc1c(C)cccc1CN. The summed E-state index contributed by atoms with van der Waals surface area (Å²) in [6.45, 7) is 3.59. The molecule has 1 rings (SSSR count). The van der Waals surface area contributed by atoms with E-state index in [9.17, 15) is 0 Å². The average molecular weight is 225 g/mol. The highest BCUT2D eigenvalue weighted by molar-refractivity contribution is 7.99. The number of nitrogens with two attached hydrogens (primary N) is 1. The molecule has 2 nitrogen and oxygen atoms in total. The van der Waals surface area contributed by atoms with Gasteiger partial charge in [0.2, 0.25) is 0 Å². The van der Waals surface area contributed by atoms with Gasteiger partial charge in [0, 0.05) is 30.9 Å². The van der Waals surface area contributed by atoms with Crippen molar-refractivity contribution in [3.05, 3.63) is 29.3 Å². The summed E-state index contributed by atoms with van der Waals surface area (Å²) in [6.07, 6.45) is 1.08. The molecule has 3 heteroatoms. The fraction of sp³-hybridized carbons (Fsp3) is 0.500. The predicted molar refractivity (Wildman–Crippen MR) is 66.3 cm³/mol. The maximum absolute atomic E-state index is 5.71. The second-order valence-electron chi connectivity index (χ2n) is 3.46. The van der Waals surface area contributed by atoms with E-state index in [0.717, 1.165) is 18.8 Å². The molecule has 0 aliphatic rings. The molecule has 0 bridgehead atoms. The quantitative estimate of drug-likeness (QED) is 0.597. The van der Waals surface area contributed by atoms with Crippen molar-refractivity contribution in [2.75, 3.05) is 19.5 Å². The molecule has 0 saturated heterocycles. The number of ether oxygens (including phenoxy) is 1. The van der Waals surface area contributed by atoms with Crippen molar-refractivity contribution in [2.45, 2.75) is 24.8 Å². The highest BCUT2D eigenvalue weighted by Crippen LogP contribution is 2.26. The van der Waals surface area contributed by atoms with Gasteiger partial charge in [-0.3, -0.25) is 0 Å². The Kier molecular flexibility index (Phi) is 5.76. The van der Waals surface area contributed by atoms with Gasteiger partial charge in [-0.25, -0.2) is 0 Å². The lowest BCUT2D eigenvalue weighted by molar-refractivity contribution is 0.200. The summed E-state index contributed by atoms with van der Waals surface area (Å²) >= 11 is 1.88. The molecule has 0 radical (unpaired) electrons. The first-order valence-corrected chi connectivity index (χ1v) is 6.18. The van der Waals surface area contributed by atoms with Crippen molar-refractivity contribution in [3.8, 4) is 0 Å². The van der Waals surface area contributed by atoms with Crippen LogP contribution in [0, 0.1) is 6.92 Å².